The molecule has 0 unspecified atom stereocenters. The number of morpholine rings is 1. The number of Topliss-reactive ketones (excluding diaryl/α,β-unsaturated/α-hetero) is 1. The Balaban J connectivity index is 1.89. The number of nitrogens with zero attached hydrogens (tertiary/aromatic N) is 1. The second-order valence-electron chi connectivity index (χ2n) is 11.1. The molecule has 2 aromatic rings. The van der Waals surface area contributed by atoms with Gasteiger partial charge in [-0.05, 0) is 62.6 Å². The number of esters is 2. The lowest BCUT2D eigenvalue weighted by molar-refractivity contribution is -0.170. The lowest BCUT2D eigenvalue weighted by atomic mass is 9.88. The minimum atomic E-state index is -1.43. The first-order chi connectivity index (χ1) is 22.3. The molecule has 0 saturated carbocycles. The van der Waals surface area contributed by atoms with Crippen molar-refractivity contribution in [3.63, 3.8) is 0 Å². The van der Waals surface area contributed by atoms with Crippen LogP contribution in [-0.4, -0.2) is 92.8 Å². The quantitative estimate of drug-likeness (QED) is 0.159. The van der Waals surface area contributed by atoms with Gasteiger partial charge in [0.1, 0.15) is 24.3 Å². The van der Waals surface area contributed by atoms with E-state index < -0.39 is 66.2 Å². The lowest BCUT2D eigenvalue weighted by Crippen LogP contribution is -2.57. The highest BCUT2D eigenvalue weighted by molar-refractivity contribution is 6.38. The summed E-state index contributed by atoms with van der Waals surface area (Å²) >= 11 is 0. The van der Waals surface area contributed by atoms with Crippen molar-refractivity contribution in [3.8, 4) is 17.2 Å². The van der Waals surface area contributed by atoms with Gasteiger partial charge in [-0.3, -0.25) is 9.59 Å². The number of methoxy groups -OCH3 is 2. The number of carbonyl (C=O) groups is 5. The summed E-state index contributed by atoms with van der Waals surface area (Å²) in [5, 5.41) is 9.00. The molecule has 0 aromatic heterocycles. The molecule has 1 saturated heterocycles. The van der Waals surface area contributed by atoms with Crippen LogP contribution in [0.2, 0.25) is 0 Å². The molecule has 3 rings (SSSR count). The maximum atomic E-state index is 15.3. The number of amides is 1. The Hall–Kier alpha value is -4.98. The molecule has 0 spiro atoms. The molecule has 1 fully saturated rings. The minimum absolute atomic E-state index is 0.0266. The van der Waals surface area contributed by atoms with Crippen LogP contribution in [-0.2, 0) is 44.6 Å². The van der Waals surface area contributed by atoms with Crippen LogP contribution in [0.25, 0.3) is 0 Å². The number of ketones is 1. The Kier molecular flexibility index (Phi) is 12.8. The van der Waals surface area contributed by atoms with E-state index in [4.69, 9.17) is 33.5 Å². The van der Waals surface area contributed by atoms with Crippen molar-refractivity contribution in [1.82, 2.24) is 4.90 Å². The zero-order valence-electron chi connectivity index (χ0n) is 26.6. The number of halogens is 1. The Morgan fingerprint density at radius 2 is 1.83 bits per heavy atom. The van der Waals surface area contributed by atoms with Crippen LogP contribution in [0.1, 0.15) is 37.5 Å². The third kappa shape index (κ3) is 9.75. The van der Waals surface area contributed by atoms with Crippen LogP contribution in [0.15, 0.2) is 49.1 Å². The molecule has 14 heteroatoms. The monoisotopic (exact) mass is 659 g/mol. The Morgan fingerprint density at radius 3 is 2.49 bits per heavy atom. The summed E-state index contributed by atoms with van der Waals surface area (Å²) in [6, 6.07) is 7.35. The van der Waals surface area contributed by atoms with Gasteiger partial charge in [0.2, 0.25) is 5.78 Å². The molecule has 254 valence electrons. The third-order valence-electron chi connectivity index (χ3n) is 7.29. The standard InChI is InChI=1S/C33H38FNO12/c1-6-29(38)46-19-33(2,3)30(39)31(40)35-13-14-44-17-24(35)32(41)47-25(11-7-20-8-12-26(42-4)27(15-20)43-5)22-16-21(9-10-23(22)34)45-18-28(36)37/h6,8-10,12,15-16,24-25H,1,7,11,13-14,17-19H2,2-5H3,(H,36,37)/t24-,25+/m0/s1. The Labute approximate surface area is 271 Å². The molecule has 2 aromatic carbocycles. The highest BCUT2D eigenvalue weighted by atomic mass is 19.1. The van der Waals surface area contributed by atoms with E-state index in [1.54, 1.807) is 18.2 Å². The van der Waals surface area contributed by atoms with Gasteiger partial charge >= 0.3 is 17.9 Å². The molecular formula is C33H38FNO12. The molecule has 2 atom stereocenters. The van der Waals surface area contributed by atoms with E-state index in [9.17, 15) is 24.0 Å². The first kappa shape index (κ1) is 36.5. The highest BCUT2D eigenvalue weighted by Crippen LogP contribution is 2.33. The molecule has 47 heavy (non-hydrogen) atoms. The smallest absolute Gasteiger partial charge is 0.341 e. The van der Waals surface area contributed by atoms with Crippen molar-refractivity contribution in [2.24, 2.45) is 5.41 Å². The zero-order chi connectivity index (χ0) is 34.7. The van der Waals surface area contributed by atoms with Gasteiger partial charge in [0.05, 0.1) is 32.8 Å². The van der Waals surface area contributed by atoms with Crippen LogP contribution in [0, 0.1) is 11.2 Å². The van der Waals surface area contributed by atoms with E-state index in [0.29, 0.717) is 11.5 Å². The van der Waals surface area contributed by atoms with Gasteiger partial charge in [-0.25, -0.2) is 18.8 Å². The lowest BCUT2D eigenvalue weighted by Gasteiger charge is -2.36. The van der Waals surface area contributed by atoms with E-state index >= 15 is 4.39 Å². The van der Waals surface area contributed by atoms with Crippen LogP contribution in [0.5, 0.6) is 17.2 Å². The summed E-state index contributed by atoms with van der Waals surface area (Å²) in [5.74, 6) is -4.67. The van der Waals surface area contributed by atoms with E-state index in [-0.39, 0.29) is 43.9 Å². The highest BCUT2D eigenvalue weighted by Gasteiger charge is 2.43. The van der Waals surface area contributed by atoms with E-state index in [1.165, 1.54) is 40.2 Å². The number of carboxylic acid groups (broad SMARTS) is 1. The Morgan fingerprint density at radius 1 is 1.11 bits per heavy atom. The molecule has 1 heterocycles. The molecule has 1 N–H and O–H groups in total. The van der Waals surface area contributed by atoms with Crippen LogP contribution < -0.4 is 14.2 Å². The SMILES string of the molecule is C=CC(=O)OCC(C)(C)C(=O)C(=O)N1CCOC[C@H]1C(=O)O[C@H](CCc1ccc(OC)c(OC)c1)c1cc(OCC(=O)O)ccc1F. The summed E-state index contributed by atoms with van der Waals surface area (Å²) in [4.78, 5) is 63.8. The van der Waals surface area contributed by atoms with Crippen molar-refractivity contribution in [2.45, 2.75) is 38.8 Å². The minimum Gasteiger partial charge on any atom is -0.493 e. The van der Waals surface area contributed by atoms with Crippen molar-refractivity contribution in [2.75, 3.05) is 47.2 Å². The number of aliphatic carboxylic acids is 1. The summed E-state index contributed by atoms with van der Waals surface area (Å²) in [6.45, 7) is 4.67. The maximum absolute atomic E-state index is 15.3. The van der Waals surface area contributed by atoms with Crippen LogP contribution in [0.3, 0.4) is 0 Å². The fourth-order valence-corrected chi connectivity index (χ4v) is 4.67. The van der Waals surface area contributed by atoms with Gasteiger partial charge < -0.3 is 38.4 Å². The number of carbonyl (C=O) groups excluding carboxylic acids is 4. The first-order valence-electron chi connectivity index (χ1n) is 14.6. The third-order valence-corrected chi connectivity index (χ3v) is 7.29. The van der Waals surface area contributed by atoms with Gasteiger partial charge in [0, 0.05) is 18.2 Å². The number of ether oxygens (including phenoxy) is 6. The second-order valence-corrected chi connectivity index (χ2v) is 11.1. The number of aryl methyl sites for hydroxylation is 1. The van der Waals surface area contributed by atoms with Crippen LogP contribution in [0.4, 0.5) is 4.39 Å². The van der Waals surface area contributed by atoms with Crippen LogP contribution >= 0.6 is 0 Å². The largest absolute Gasteiger partial charge is 0.493 e. The summed E-state index contributed by atoms with van der Waals surface area (Å²) in [6.07, 6.45) is -0.0108. The Bertz CT molecular complexity index is 1490. The second kappa shape index (κ2) is 16.5. The van der Waals surface area contributed by atoms with Gasteiger partial charge in [0.25, 0.3) is 5.91 Å². The van der Waals surface area contributed by atoms with Crippen molar-refractivity contribution in [3.05, 3.63) is 66.0 Å². The van der Waals surface area contributed by atoms with Gasteiger partial charge in [-0.15, -0.1) is 0 Å². The number of rotatable bonds is 16. The number of hydrogen-bond donors (Lipinski definition) is 1. The number of carboxylic acids is 1. The fraction of sp³-hybridized carbons (Fsp3) is 0.424. The molecular weight excluding hydrogens is 621 g/mol. The topological polar surface area (TPSA) is 164 Å². The molecule has 13 nitrogen and oxygen atoms in total. The average molecular weight is 660 g/mol. The molecule has 0 radical (unpaired) electrons. The summed E-state index contributed by atoms with van der Waals surface area (Å²) in [5.41, 5.74) is -0.785. The molecule has 0 aliphatic carbocycles. The van der Waals surface area contributed by atoms with E-state index in [2.05, 4.69) is 6.58 Å². The molecule has 0 bridgehead atoms. The zero-order valence-corrected chi connectivity index (χ0v) is 26.6. The number of benzene rings is 2. The van der Waals surface area contributed by atoms with E-state index in [1.807, 2.05) is 0 Å². The van der Waals surface area contributed by atoms with Crippen molar-refractivity contribution >= 4 is 29.6 Å². The van der Waals surface area contributed by atoms with E-state index in [0.717, 1.165) is 22.6 Å². The fourth-order valence-electron chi connectivity index (χ4n) is 4.67. The predicted molar refractivity (Wildman–Crippen MR) is 162 cm³/mol. The normalized spacial score (nSPS) is 15.2. The summed E-state index contributed by atoms with van der Waals surface area (Å²) < 4.78 is 47.4. The van der Waals surface area contributed by atoms with Crippen molar-refractivity contribution in [1.29, 1.82) is 0 Å². The predicted octanol–water partition coefficient (Wildman–Crippen LogP) is 3.08. The van der Waals surface area contributed by atoms with Gasteiger partial charge in [-0.2, -0.15) is 0 Å². The average Bonchev–Trinajstić information content (AvgIpc) is 3.07. The van der Waals surface area contributed by atoms with Crippen molar-refractivity contribution < 1.29 is 61.9 Å². The molecule has 1 amide bonds. The van der Waals surface area contributed by atoms with Gasteiger partial charge in [0.15, 0.2) is 24.1 Å². The molecule has 1 aliphatic heterocycles. The number of hydrogen-bond acceptors (Lipinski definition) is 11. The van der Waals surface area contributed by atoms with Gasteiger partial charge in [-0.1, -0.05) is 12.6 Å². The molecule has 1 aliphatic rings. The first-order valence-corrected chi connectivity index (χ1v) is 14.6. The summed E-state index contributed by atoms with van der Waals surface area (Å²) in [7, 11) is 2.97. The maximum Gasteiger partial charge on any atom is 0.341 e.